The van der Waals surface area contributed by atoms with E-state index < -0.39 is 6.10 Å². The van der Waals surface area contributed by atoms with E-state index in [9.17, 15) is 14.7 Å². The number of aliphatic hydroxyl groups is 1. The van der Waals surface area contributed by atoms with Crippen molar-refractivity contribution in [2.24, 2.45) is 0 Å². The van der Waals surface area contributed by atoms with E-state index in [-0.39, 0.29) is 25.2 Å². The Kier molecular flexibility index (Phi) is 32.6. The summed E-state index contributed by atoms with van der Waals surface area (Å²) in [7, 11) is 0. The lowest BCUT2D eigenvalue weighted by molar-refractivity contribution is -0.161. The van der Waals surface area contributed by atoms with Gasteiger partial charge in [-0.3, -0.25) is 9.59 Å². The van der Waals surface area contributed by atoms with E-state index in [0.717, 1.165) is 51.4 Å². The minimum atomic E-state index is -0.774. The molecule has 0 aromatic carbocycles. The highest BCUT2D eigenvalue weighted by molar-refractivity contribution is 5.70. The average Bonchev–Trinajstić information content (AvgIpc) is 2.99. The summed E-state index contributed by atoms with van der Waals surface area (Å²) in [5.41, 5.74) is 0. The first-order chi connectivity index (χ1) is 20.6. The van der Waals surface area contributed by atoms with Crippen LogP contribution in [0, 0.1) is 0 Å². The molecule has 0 amide bonds. The summed E-state index contributed by atoms with van der Waals surface area (Å²) in [6.45, 7) is 4.09. The molecule has 0 aromatic rings. The van der Waals surface area contributed by atoms with E-state index in [1.165, 1.54) is 103 Å². The van der Waals surface area contributed by atoms with Gasteiger partial charge in [-0.1, -0.05) is 128 Å². The lowest BCUT2D eigenvalue weighted by Gasteiger charge is -2.15. The second-order valence-electron chi connectivity index (χ2n) is 11.9. The van der Waals surface area contributed by atoms with E-state index in [0.29, 0.717) is 12.8 Å². The molecule has 0 spiro atoms. The third-order valence-electron chi connectivity index (χ3n) is 7.72. The molecule has 0 radical (unpaired) electrons. The van der Waals surface area contributed by atoms with Gasteiger partial charge < -0.3 is 14.6 Å². The first kappa shape index (κ1) is 40.4. The fourth-order valence-corrected chi connectivity index (χ4v) is 4.95. The van der Waals surface area contributed by atoms with Gasteiger partial charge in [0.25, 0.3) is 0 Å². The third kappa shape index (κ3) is 31.3. The van der Waals surface area contributed by atoms with Crippen molar-refractivity contribution in [3.63, 3.8) is 0 Å². The van der Waals surface area contributed by atoms with Gasteiger partial charge in [-0.25, -0.2) is 0 Å². The van der Waals surface area contributed by atoms with Crippen LogP contribution in [0.1, 0.15) is 181 Å². The van der Waals surface area contributed by atoms with E-state index in [4.69, 9.17) is 9.47 Å². The van der Waals surface area contributed by atoms with Gasteiger partial charge in [0, 0.05) is 12.8 Å². The molecule has 0 aliphatic rings. The summed E-state index contributed by atoms with van der Waals surface area (Å²) in [5, 5.41) is 9.51. The Labute approximate surface area is 260 Å². The van der Waals surface area contributed by atoms with Crippen LogP contribution in [-0.2, 0) is 19.1 Å². The highest BCUT2D eigenvalue weighted by atomic mass is 16.6. The minimum absolute atomic E-state index is 0.0712. The Morgan fingerprint density at radius 3 is 1.31 bits per heavy atom. The average molecular weight is 593 g/mol. The van der Waals surface area contributed by atoms with Gasteiger partial charge in [0.15, 0.2) is 6.10 Å². The van der Waals surface area contributed by atoms with Crippen LogP contribution in [0.3, 0.4) is 0 Å². The first-order valence-corrected chi connectivity index (χ1v) is 17.9. The van der Waals surface area contributed by atoms with Crippen LogP contribution in [0.4, 0.5) is 0 Å². The number of rotatable bonds is 32. The lowest BCUT2D eigenvalue weighted by atomic mass is 10.1. The SMILES string of the molecule is CCCCCCC=CCCCCCCCC(=O)OCC(CO)OC(=O)CCCCCCCC=CCCCCCCCC. The topological polar surface area (TPSA) is 72.8 Å². The predicted octanol–water partition coefficient (Wildman–Crippen LogP) is 10.7. The van der Waals surface area contributed by atoms with Crippen LogP contribution in [0.5, 0.6) is 0 Å². The molecule has 246 valence electrons. The summed E-state index contributed by atoms with van der Waals surface area (Å²) in [6, 6.07) is 0. The number of carbonyl (C=O) groups excluding carboxylic acids is 2. The Bertz CT molecular complexity index is 642. The van der Waals surface area contributed by atoms with Crippen molar-refractivity contribution in [1.29, 1.82) is 0 Å². The van der Waals surface area contributed by atoms with Crippen LogP contribution in [0.15, 0.2) is 24.3 Å². The Morgan fingerprint density at radius 1 is 0.524 bits per heavy atom. The Hall–Kier alpha value is -1.62. The first-order valence-electron chi connectivity index (χ1n) is 17.9. The van der Waals surface area contributed by atoms with Crippen molar-refractivity contribution in [1.82, 2.24) is 0 Å². The maximum absolute atomic E-state index is 12.1. The summed E-state index contributed by atoms with van der Waals surface area (Å²) >= 11 is 0. The second-order valence-corrected chi connectivity index (χ2v) is 11.9. The zero-order valence-electron chi connectivity index (χ0n) is 27.8. The van der Waals surface area contributed by atoms with Crippen molar-refractivity contribution in [3.05, 3.63) is 24.3 Å². The number of carbonyl (C=O) groups is 2. The zero-order chi connectivity index (χ0) is 30.8. The largest absolute Gasteiger partial charge is 0.462 e. The smallest absolute Gasteiger partial charge is 0.306 e. The summed E-state index contributed by atoms with van der Waals surface area (Å²) in [5.74, 6) is -0.609. The molecule has 42 heavy (non-hydrogen) atoms. The maximum atomic E-state index is 12.1. The summed E-state index contributed by atoms with van der Waals surface area (Å²) < 4.78 is 10.6. The second kappa shape index (κ2) is 33.9. The predicted molar refractivity (Wildman–Crippen MR) is 178 cm³/mol. The number of esters is 2. The number of ether oxygens (including phenoxy) is 2. The molecule has 1 atom stereocenters. The molecule has 1 unspecified atom stereocenters. The van der Waals surface area contributed by atoms with Gasteiger partial charge in [0.2, 0.25) is 0 Å². The van der Waals surface area contributed by atoms with E-state index in [1.54, 1.807) is 0 Å². The molecule has 0 heterocycles. The Morgan fingerprint density at radius 2 is 0.881 bits per heavy atom. The van der Waals surface area contributed by atoms with Gasteiger partial charge >= 0.3 is 11.9 Å². The molecule has 0 bridgehead atoms. The quantitative estimate of drug-likeness (QED) is 0.0478. The van der Waals surface area contributed by atoms with E-state index in [1.807, 2.05) is 0 Å². The van der Waals surface area contributed by atoms with E-state index >= 15 is 0 Å². The van der Waals surface area contributed by atoms with Gasteiger partial charge in [0.05, 0.1) is 6.61 Å². The molecule has 0 aromatic heterocycles. The van der Waals surface area contributed by atoms with Crippen LogP contribution in [0.2, 0.25) is 0 Å². The number of allylic oxidation sites excluding steroid dienone is 4. The number of aliphatic hydroxyl groups excluding tert-OH is 1. The fourth-order valence-electron chi connectivity index (χ4n) is 4.95. The van der Waals surface area contributed by atoms with Gasteiger partial charge in [-0.2, -0.15) is 0 Å². The lowest BCUT2D eigenvalue weighted by Crippen LogP contribution is -2.28. The molecule has 1 N–H and O–H groups in total. The minimum Gasteiger partial charge on any atom is -0.462 e. The maximum Gasteiger partial charge on any atom is 0.306 e. The number of unbranched alkanes of at least 4 members (excludes halogenated alkanes) is 20. The number of hydrogen-bond donors (Lipinski definition) is 1. The van der Waals surface area contributed by atoms with Crippen molar-refractivity contribution in [2.45, 2.75) is 187 Å². The van der Waals surface area contributed by atoms with Crippen LogP contribution < -0.4 is 0 Å². The fraction of sp³-hybridized carbons (Fsp3) is 0.838. The van der Waals surface area contributed by atoms with Gasteiger partial charge in [-0.15, -0.1) is 0 Å². The van der Waals surface area contributed by atoms with Gasteiger partial charge in [-0.05, 0) is 64.2 Å². The molecule has 5 nitrogen and oxygen atoms in total. The van der Waals surface area contributed by atoms with Gasteiger partial charge in [0.1, 0.15) is 6.61 Å². The Balaban J connectivity index is 3.59. The molecule has 0 aliphatic carbocycles. The molecular weight excluding hydrogens is 524 g/mol. The van der Waals surface area contributed by atoms with Crippen molar-refractivity contribution in [2.75, 3.05) is 13.2 Å². The summed E-state index contributed by atoms with van der Waals surface area (Å²) in [4.78, 5) is 24.1. The molecule has 0 fully saturated rings. The molecule has 0 aliphatic heterocycles. The monoisotopic (exact) mass is 593 g/mol. The van der Waals surface area contributed by atoms with Crippen molar-refractivity contribution in [3.8, 4) is 0 Å². The third-order valence-corrected chi connectivity index (χ3v) is 7.72. The highest BCUT2D eigenvalue weighted by Crippen LogP contribution is 2.12. The van der Waals surface area contributed by atoms with Crippen LogP contribution >= 0.6 is 0 Å². The molecule has 0 saturated carbocycles. The van der Waals surface area contributed by atoms with E-state index in [2.05, 4.69) is 38.2 Å². The molecule has 0 rings (SSSR count). The summed E-state index contributed by atoms with van der Waals surface area (Å²) in [6.07, 6.45) is 38.0. The molecule has 0 saturated heterocycles. The standard InChI is InChI=1S/C37H68O5/c1-3-5-7-9-11-13-15-17-18-20-22-24-26-28-30-32-37(40)42-35(33-38)34-41-36(39)31-29-27-25-23-21-19-16-14-12-10-8-6-4-2/h14,16-18,35,38H,3-13,15,19-34H2,1-2H3. The number of hydrogen-bond acceptors (Lipinski definition) is 5. The van der Waals surface area contributed by atoms with Crippen molar-refractivity contribution >= 4 is 11.9 Å². The molecule has 5 heteroatoms. The normalized spacial score (nSPS) is 12.4. The molecular formula is C37H68O5. The highest BCUT2D eigenvalue weighted by Gasteiger charge is 2.16. The zero-order valence-corrected chi connectivity index (χ0v) is 27.8. The van der Waals surface area contributed by atoms with Crippen molar-refractivity contribution < 1.29 is 24.2 Å². The van der Waals surface area contributed by atoms with Crippen LogP contribution in [0.25, 0.3) is 0 Å². The van der Waals surface area contributed by atoms with Crippen LogP contribution in [-0.4, -0.2) is 36.4 Å².